The molecule has 18 heavy (non-hydrogen) atoms. The van der Waals surface area contributed by atoms with Crippen LogP contribution in [0.3, 0.4) is 0 Å². The van der Waals surface area contributed by atoms with Gasteiger partial charge in [-0.2, -0.15) is 4.99 Å². The van der Waals surface area contributed by atoms with Gasteiger partial charge in [-0.25, -0.2) is 0 Å². The van der Waals surface area contributed by atoms with Gasteiger partial charge in [-0.05, 0) is 30.7 Å². The standard InChI is InChI=1S/C13H15N3O2/c1-3-18-10-6-4-9(5-7-10)8-11-12(17)15-13(14)16(11)2/h4-8H,3H2,1-2H3,(H2,14,15,17)/b11-8+. The molecule has 0 fully saturated rings. The second-order valence-corrected chi connectivity index (χ2v) is 3.87. The molecule has 5 heteroatoms. The van der Waals surface area contributed by atoms with Gasteiger partial charge in [0.1, 0.15) is 11.4 Å². The molecule has 0 bridgehead atoms. The maximum absolute atomic E-state index is 11.6. The molecule has 5 nitrogen and oxygen atoms in total. The predicted octanol–water partition coefficient (Wildman–Crippen LogP) is 1.21. The van der Waals surface area contributed by atoms with E-state index in [0.717, 1.165) is 11.3 Å². The van der Waals surface area contributed by atoms with Gasteiger partial charge in [0, 0.05) is 7.05 Å². The van der Waals surface area contributed by atoms with Crippen LogP contribution in [0.25, 0.3) is 6.08 Å². The van der Waals surface area contributed by atoms with Crippen molar-refractivity contribution >= 4 is 17.9 Å². The van der Waals surface area contributed by atoms with Gasteiger partial charge in [0.2, 0.25) is 5.96 Å². The molecule has 2 N–H and O–H groups in total. The predicted molar refractivity (Wildman–Crippen MR) is 70.0 cm³/mol. The Hall–Kier alpha value is -2.30. The first-order valence-electron chi connectivity index (χ1n) is 5.68. The average molecular weight is 245 g/mol. The topological polar surface area (TPSA) is 67.9 Å². The first kappa shape index (κ1) is 12.2. The molecule has 1 aromatic rings. The molecule has 0 radical (unpaired) electrons. The van der Waals surface area contributed by atoms with E-state index in [2.05, 4.69) is 4.99 Å². The molecule has 0 saturated heterocycles. The molecular weight excluding hydrogens is 230 g/mol. The van der Waals surface area contributed by atoms with Crippen molar-refractivity contribution in [3.05, 3.63) is 35.5 Å². The second-order valence-electron chi connectivity index (χ2n) is 3.87. The number of amides is 1. The Kier molecular flexibility index (Phi) is 3.32. The van der Waals surface area contributed by atoms with E-state index in [1.165, 1.54) is 0 Å². The Balaban J connectivity index is 2.21. The molecule has 0 spiro atoms. The highest BCUT2D eigenvalue weighted by atomic mass is 16.5. The van der Waals surface area contributed by atoms with Crippen LogP contribution < -0.4 is 10.5 Å². The molecule has 1 aliphatic rings. The van der Waals surface area contributed by atoms with E-state index in [1.807, 2.05) is 31.2 Å². The van der Waals surface area contributed by atoms with Crippen molar-refractivity contribution < 1.29 is 9.53 Å². The van der Waals surface area contributed by atoms with Crippen molar-refractivity contribution in [1.82, 2.24) is 4.90 Å². The second kappa shape index (κ2) is 4.91. The summed E-state index contributed by atoms with van der Waals surface area (Å²) in [6.07, 6.45) is 1.75. The third-order valence-corrected chi connectivity index (χ3v) is 2.63. The first-order valence-corrected chi connectivity index (χ1v) is 5.68. The van der Waals surface area contributed by atoms with Crippen molar-refractivity contribution in [1.29, 1.82) is 0 Å². The molecule has 0 aliphatic carbocycles. The number of likely N-dealkylation sites (N-methyl/N-ethyl adjacent to an activating group) is 1. The van der Waals surface area contributed by atoms with Crippen LogP contribution in [-0.4, -0.2) is 30.4 Å². The van der Waals surface area contributed by atoms with Crippen molar-refractivity contribution in [2.45, 2.75) is 6.92 Å². The van der Waals surface area contributed by atoms with Crippen LogP contribution >= 0.6 is 0 Å². The maximum Gasteiger partial charge on any atom is 0.296 e. The number of carbonyl (C=O) groups is 1. The van der Waals surface area contributed by atoms with E-state index in [-0.39, 0.29) is 11.9 Å². The van der Waals surface area contributed by atoms with Gasteiger partial charge in [-0.15, -0.1) is 0 Å². The molecular formula is C13H15N3O2. The summed E-state index contributed by atoms with van der Waals surface area (Å²) in [6.45, 7) is 2.56. The summed E-state index contributed by atoms with van der Waals surface area (Å²) in [7, 11) is 1.71. The summed E-state index contributed by atoms with van der Waals surface area (Å²) in [6, 6.07) is 7.49. The van der Waals surface area contributed by atoms with Crippen molar-refractivity contribution in [2.75, 3.05) is 13.7 Å². The number of nitrogens with zero attached hydrogens (tertiary/aromatic N) is 2. The number of nitrogens with two attached hydrogens (primary N) is 1. The summed E-state index contributed by atoms with van der Waals surface area (Å²) in [5.74, 6) is 0.711. The number of guanidine groups is 1. The van der Waals surface area contributed by atoms with Crippen LogP contribution in [0, 0.1) is 0 Å². The van der Waals surface area contributed by atoms with Gasteiger partial charge in [0.25, 0.3) is 5.91 Å². The molecule has 0 saturated carbocycles. The van der Waals surface area contributed by atoms with Gasteiger partial charge >= 0.3 is 0 Å². The van der Waals surface area contributed by atoms with Gasteiger partial charge < -0.3 is 15.4 Å². The molecule has 1 aromatic carbocycles. The fourth-order valence-corrected chi connectivity index (χ4v) is 1.65. The van der Waals surface area contributed by atoms with E-state index < -0.39 is 0 Å². The van der Waals surface area contributed by atoms with Gasteiger partial charge in [-0.3, -0.25) is 4.79 Å². The molecule has 94 valence electrons. The quantitative estimate of drug-likeness (QED) is 0.813. The monoisotopic (exact) mass is 245 g/mol. The molecule has 2 rings (SSSR count). The van der Waals surface area contributed by atoms with E-state index in [9.17, 15) is 4.79 Å². The number of rotatable bonds is 3. The highest BCUT2D eigenvalue weighted by molar-refractivity contribution is 6.11. The molecule has 1 heterocycles. The van der Waals surface area contributed by atoms with E-state index in [1.54, 1.807) is 18.0 Å². The van der Waals surface area contributed by atoms with Crippen molar-refractivity contribution in [3.8, 4) is 5.75 Å². The van der Waals surface area contributed by atoms with Crippen LogP contribution in [-0.2, 0) is 4.79 Å². The number of carbonyl (C=O) groups excluding carboxylic acids is 1. The third kappa shape index (κ3) is 2.34. The fraction of sp³-hybridized carbons (Fsp3) is 0.231. The normalized spacial score (nSPS) is 17.2. The Morgan fingerprint density at radius 3 is 2.56 bits per heavy atom. The van der Waals surface area contributed by atoms with Crippen molar-refractivity contribution in [3.63, 3.8) is 0 Å². The van der Waals surface area contributed by atoms with E-state index >= 15 is 0 Å². The zero-order valence-electron chi connectivity index (χ0n) is 10.4. The Morgan fingerprint density at radius 2 is 2.06 bits per heavy atom. The Labute approximate surface area is 106 Å². The number of hydrogen-bond donors (Lipinski definition) is 1. The molecule has 1 amide bonds. The largest absolute Gasteiger partial charge is 0.494 e. The zero-order valence-corrected chi connectivity index (χ0v) is 10.4. The lowest BCUT2D eigenvalue weighted by atomic mass is 10.2. The van der Waals surface area contributed by atoms with Gasteiger partial charge in [0.05, 0.1) is 6.61 Å². The maximum atomic E-state index is 11.6. The average Bonchev–Trinajstić information content (AvgIpc) is 2.59. The highest BCUT2D eigenvalue weighted by Crippen LogP contribution is 2.18. The molecule has 1 aliphatic heterocycles. The lowest BCUT2D eigenvalue weighted by molar-refractivity contribution is -0.114. The summed E-state index contributed by atoms with van der Waals surface area (Å²) < 4.78 is 5.35. The zero-order chi connectivity index (χ0) is 13.1. The SMILES string of the molecule is CCOc1ccc(/C=C2\C(=O)N=C(N)N2C)cc1. The minimum atomic E-state index is -0.316. The first-order chi connectivity index (χ1) is 8.61. The van der Waals surface area contributed by atoms with Gasteiger partial charge in [0.15, 0.2) is 0 Å². The van der Waals surface area contributed by atoms with Crippen LogP contribution in [0.15, 0.2) is 35.0 Å². The number of aliphatic imine (C=N–C) groups is 1. The third-order valence-electron chi connectivity index (χ3n) is 2.63. The summed E-state index contributed by atoms with van der Waals surface area (Å²) in [5.41, 5.74) is 6.94. The summed E-state index contributed by atoms with van der Waals surface area (Å²) in [4.78, 5) is 16.8. The molecule has 0 aromatic heterocycles. The Bertz CT molecular complexity index is 518. The summed E-state index contributed by atoms with van der Waals surface area (Å²) in [5, 5.41) is 0. The Morgan fingerprint density at radius 1 is 1.39 bits per heavy atom. The lowest BCUT2D eigenvalue weighted by Gasteiger charge is -2.11. The highest BCUT2D eigenvalue weighted by Gasteiger charge is 2.23. The van der Waals surface area contributed by atoms with Gasteiger partial charge in [-0.1, -0.05) is 12.1 Å². The lowest BCUT2D eigenvalue weighted by Crippen LogP contribution is -2.28. The van der Waals surface area contributed by atoms with E-state index in [4.69, 9.17) is 10.5 Å². The fourth-order valence-electron chi connectivity index (χ4n) is 1.65. The minimum absolute atomic E-state index is 0.220. The van der Waals surface area contributed by atoms with Crippen LogP contribution in [0.4, 0.5) is 0 Å². The van der Waals surface area contributed by atoms with Crippen LogP contribution in [0.1, 0.15) is 12.5 Å². The number of hydrogen-bond acceptors (Lipinski definition) is 4. The summed E-state index contributed by atoms with van der Waals surface area (Å²) >= 11 is 0. The number of ether oxygens (including phenoxy) is 1. The molecule has 0 unspecified atom stereocenters. The van der Waals surface area contributed by atoms with Crippen LogP contribution in [0.5, 0.6) is 5.75 Å². The molecule has 0 atom stereocenters. The smallest absolute Gasteiger partial charge is 0.296 e. The van der Waals surface area contributed by atoms with Crippen LogP contribution in [0.2, 0.25) is 0 Å². The van der Waals surface area contributed by atoms with E-state index in [0.29, 0.717) is 12.3 Å². The van der Waals surface area contributed by atoms with Crippen molar-refractivity contribution in [2.24, 2.45) is 10.7 Å². The number of benzene rings is 1. The minimum Gasteiger partial charge on any atom is -0.494 e.